The molecule has 0 amide bonds. The van der Waals surface area contributed by atoms with Gasteiger partial charge in [0.05, 0.1) is 0 Å². The molecule has 0 fully saturated rings. The standard InChI is InChI=1S/C10H15NO/c1-8-4-5-10(12)9(6-8)7-11(2)3/h4-5,7,12H,6H2,1-3H3. The van der Waals surface area contributed by atoms with Gasteiger partial charge in [-0.1, -0.05) is 11.6 Å². The van der Waals surface area contributed by atoms with E-state index in [2.05, 4.69) is 6.92 Å². The van der Waals surface area contributed by atoms with Crippen molar-refractivity contribution in [3.05, 3.63) is 35.3 Å². The molecule has 0 unspecified atom stereocenters. The lowest BCUT2D eigenvalue weighted by Gasteiger charge is -2.14. The number of hydrogen-bond acceptors (Lipinski definition) is 2. The molecule has 66 valence electrons. The SMILES string of the molecule is CC1=CC=C(O)C(=CN(C)C)C1. The van der Waals surface area contributed by atoms with Crippen molar-refractivity contribution in [2.45, 2.75) is 13.3 Å². The average molecular weight is 165 g/mol. The maximum absolute atomic E-state index is 9.46. The summed E-state index contributed by atoms with van der Waals surface area (Å²) in [6, 6.07) is 0. The number of allylic oxidation sites excluding steroid dienone is 4. The molecular formula is C10H15NO. The maximum Gasteiger partial charge on any atom is 0.120 e. The van der Waals surface area contributed by atoms with Crippen molar-refractivity contribution >= 4 is 0 Å². The van der Waals surface area contributed by atoms with Crippen LogP contribution in [0.5, 0.6) is 0 Å². The lowest BCUT2D eigenvalue weighted by atomic mass is 10.0. The van der Waals surface area contributed by atoms with Crippen LogP contribution in [0.3, 0.4) is 0 Å². The van der Waals surface area contributed by atoms with Crippen LogP contribution in [0.15, 0.2) is 35.3 Å². The van der Waals surface area contributed by atoms with Gasteiger partial charge in [-0.05, 0) is 19.4 Å². The summed E-state index contributed by atoms with van der Waals surface area (Å²) < 4.78 is 0. The molecule has 0 aromatic carbocycles. The summed E-state index contributed by atoms with van der Waals surface area (Å²) in [6.07, 6.45) is 6.49. The van der Waals surface area contributed by atoms with Crippen molar-refractivity contribution < 1.29 is 5.11 Å². The van der Waals surface area contributed by atoms with Crippen molar-refractivity contribution in [3.8, 4) is 0 Å². The Bertz CT molecular complexity index is 259. The van der Waals surface area contributed by atoms with Crippen molar-refractivity contribution in [2.24, 2.45) is 0 Å². The van der Waals surface area contributed by atoms with Gasteiger partial charge >= 0.3 is 0 Å². The van der Waals surface area contributed by atoms with Gasteiger partial charge in [-0.25, -0.2) is 0 Å². The van der Waals surface area contributed by atoms with Crippen LogP contribution in [0.2, 0.25) is 0 Å². The second-order valence-electron chi connectivity index (χ2n) is 3.36. The fourth-order valence-corrected chi connectivity index (χ4v) is 1.20. The first-order valence-corrected chi connectivity index (χ1v) is 4.03. The van der Waals surface area contributed by atoms with Crippen LogP contribution in [-0.4, -0.2) is 24.1 Å². The number of hydrogen-bond donors (Lipinski definition) is 1. The molecule has 0 spiro atoms. The highest BCUT2D eigenvalue weighted by Gasteiger charge is 2.08. The highest BCUT2D eigenvalue weighted by Crippen LogP contribution is 2.22. The third-order valence-electron chi connectivity index (χ3n) is 1.74. The van der Waals surface area contributed by atoms with Gasteiger partial charge in [0, 0.05) is 25.9 Å². The lowest BCUT2D eigenvalue weighted by molar-refractivity contribution is 0.414. The molecule has 12 heavy (non-hydrogen) atoms. The van der Waals surface area contributed by atoms with Crippen LogP contribution >= 0.6 is 0 Å². The molecule has 1 N–H and O–H groups in total. The van der Waals surface area contributed by atoms with Gasteiger partial charge in [0.25, 0.3) is 0 Å². The molecule has 1 rings (SSSR count). The summed E-state index contributed by atoms with van der Waals surface area (Å²) in [4.78, 5) is 1.94. The smallest absolute Gasteiger partial charge is 0.120 e. The quantitative estimate of drug-likeness (QED) is 0.644. The van der Waals surface area contributed by atoms with E-state index in [0.29, 0.717) is 5.76 Å². The number of rotatable bonds is 1. The van der Waals surface area contributed by atoms with E-state index in [0.717, 1.165) is 12.0 Å². The first-order valence-electron chi connectivity index (χ1n) is 4.03. The molecule has 0 heterocycles. The first-order chi connectivity index (χ1) is 5.59. The topological polar surface area (TPSA) is 23.5 Å². The van der Waals surface area contributed by atoms with Crippen molar-refractivity contribution in [1.82, 2.24) is 4.90 Å². The molecule has 0 aromatic rings. The number of nitrogens with zero attached hydrogens (tertiary/aromatic N) is 1. The van der Waals surface area contributed by atoms with Gasteiger partial charge in [0.2, 0.25) is 0 Å². The second-order valence-corrected chi connectivity index (χ2v) is 3.36. The molecule has 0 radical (unpaired) electrons. The Hall–Kier alpha value is -1.18. The Morgan fingerprint density at radius 1 is 1.42 bits per heavy atom. The maximum atomic E-state index is 9.46. The van der Waals surface area contributed by atoms with Crippen LogP contribution in [-0.2, 0) is 0 Å². The summed E-state index contributed by atoms with van der Waals surface area (Å²) in [5, 5.41) is 9.46. The van der Waals surface area contributed by atoms with Gasteiger partial charge < -0.3 is 10.0 Å². The summed E-state index contributed by atoms with van der Waals surface area (Å²) >= 11 is 0. The monoisotopic (exact) mass is 165 g/mol. The van der Waals surface area contributed by atoms with Crippen LogP contribution in [0.1, 0.15) is 13.3 Å². The predicted molar refractivity (Wildman–Crippen MR) is 50.9 cm³/mol. The zero-order valence-electron chi connectivity index (χ0n) is 7.83. The highest BCUT2D eigenvalue weighted by atomic mass is 16.3. The van der Waals surface area contributed by atoms with E-state index >= 15 is 0 Å². The molecule has 0 aromatic heterocycles. The molecule has 1 aliphatic carbocycles. The van der Waals surface area contributed by atoms with E-state index in [1.807, 2.05) is 31.3 Å². The minimum Gasteiger partial charge on any atom is -0.508 e. The normalized spacial score (nSPS) is 20.4. The summed E-state index contributed by atoms with van der Waals surface area (Å²) in [6.45, 7) is 2.06. The molecule has 1 aliphatic rings. The van der Waals surface area contributed by atoms with Crippen molar-refractivity contribution in [1.29, 1.82) is 0 Å². The Morgan fingerprint density at radius 2 is 2.08 bits per heavy atom. The second kappa shape index (κ2) is 3.48. The average Bonchev–Trinajstić information content (AvgIpc) is 1.96. The Kier molecular flexibility index (Phi) is 2.58. The molecule has 0 saturated carbocycles. The van der Waals surface area contributed by atoms with Crippen molar-refractivity contribution in [3.63, 3.8) is 0 Å². The van der Waals surface area contributed by atoms with E-state index in [1.165, 1.54) is 5.57 Å². The van der Waals surface area contributed by atoms with Crippen LogP contribution < -0.4 is 0 Å². The Balaban J connectivity index is 2.83. The zero-order chi connectivity index (χ0) is 9.14. The zero-order valence-corrected chi connectivity index (χ0v) is 7.83. The molecule has 0 saturated heterocycles. The molecule has 0 bridgehead atoms. The van der Waals surface area contributed by atoms with Gasteiger partial charge in [-0.15, -0.1) is 0 Å². The third kappa shape index (κ3) is 2.16. The number of aliphatic hydroxyl groups is 1. The van der Waals surface area contributed by atoms with E-state index < -0.39 is 0 Å². The minimum atomic E-state index is 0.384. The molecule has 0 aliphatic heterocycles. The van der Waals surface area contributed by atoms with E-state index in [1.54, 1.807) is 6.08 Å². The Labute approximate surface area is 73.5 Å². The van der Waals surface area contributed by atoms with Crippen LogP contribution in [0.25, 0.3) is 0 Å². The van der Waals surface area contributed by atoms with Crippen LogP contribution in [0, 0.1) is 0 Å². The molecular weight excluding hydrogens is 150 g/mol. The predicted octanol–water partition coefficient (Wildman–Crippen LogP) is 2.22. The van der Waals surface area contributed by atoms with Crippen molar-refractivity contribution in [2.75, 3.05) is 14.1 Å². The molecule has 2 heteroatoms. The molecule has 0 atom stereocenters. The fraction of sp³-hybridized carbons (Fsp3) is 0.400. The summed E-state index contributed by atoms with van der Waals surface area (Å²) in [7, 11) is 3.90. The first kappa shape index (κ1) is 8.91. The largest absolute Gasteiger partial charge is 0.508 e. The summed E-state index contributed by atoms with van der Waals surface area (Å²) in [5.41, 5.74) is 2.26. The summed E-state index contributed by atoms with van der Waals surface area (Å²) in [5.74, 6) is 0.384. The fourth-order valence-electron chi connectivity index (χ4n) is 1.20. The van der Waals surface area contributed by atoms with Crippen LogP contribution in [0.4, 0.5) is 0 Å². The lowest BCUT2D eigenvalue weighted by Crippen LogP contribution is -2.06. The van der Waals surface area contributed by atoms with E-state index in [4.69, 9.17) is 0 Å². The third-order valence-corrected chi connectivity index (χ3v) is 1.74. The van der Waals surface area contributed by atoms with Gasteiger partial charge in [-0.2, -0.15) is 0 Å². The minimum absolute atomic E-state index is 0.384. The number of aliphatic hydroxyl groups excluding tert-OH is 1. The Morgan fingerprint density at radius 3 is 2.67 bits per heavy atom. The van der Waals surface area contributed by atoms with E-state index in [9.17, 15) is 5.11 Å². The highest BCUT2D eigenvalue weighted by molar-refractivity contribution is 5.37. The van der Waals surface area contributed by atoms with Gasteiger partial charge in [0.15, 0.2) is 0 Å². The van der Waals surface area contributed by atoms with E-state index in [-0.39, 0.29) is 0 Å². The molecule has 2 nitrogen and oxygen atoms in total. The van der Waals surface area contributed by atoms with Gasteiger partial charge in [0.1, 0.15) is 5.76 Å². The van der Waals surface area contributed by atoms with Gasteiger partial charge in [-0.3, -0.25) is 0 Å².